The Hall–Kier alpha value is -1.43. The van der Waals surface area contributed by atoms with E-state index in [0.717, 1.165) is 18.1 Å². The average molecular weight is 281 g/mol. The number of aromatic nitrogens is 1. The second-order valence-corrected chi connectivity index (χ2v) is 5.58. The van der Waals surface area contributed by atoms with Gasteiger partial charge in [-0.1, -0.05) is 0 Å². The van der Waals surface area contributed by atoms with Crippen LogP contribution in [0.15, 0.2) is 12.3 Å². The van der Waals surface area contributed by atoms with Crippen LogP contribution in [0.4, 0.5) is 11.5 Å². The Morgan fingerprint density at radius 3 is 3.16 bits per heavy atom. The zero-order valence-electron chi connectivity index (χ0n) is 11.3. The number of carbonyl (C=O) groups is 1. The number of hydrogen-bond acceptors (Lipinski definition) is 6. The van der Waals surface area contributed by atoms with E-state index in [1.54, 1.807) is 19.2 Å². The van der Waals surface area contributed by atoms with Crippen LogP contribution in [0, 0.1) is 0 Å². The predicted octanol–water partition coefficient (Wildman–Crippen LogP) is 1.78. The van der Waals surface area contributed by atoms with Crippen LogP contribution in [0.5, 0.6) is 0 Å². The number of nitrogens with zero attached hydrogens (tertiary/aromatic N) is 2. The zero-order chi connectivity index (χ0) is 13.8. The van der Waals surface area contributed by atoms with E-state index in [-0.39, 0.29) is 5.97 Å². The van der Waals surface area contributed by atoms with Gasteiger partial charge < -0.3 is 15.4 Å². The molecule has 0 spiro atoms. The van der Waals surface area contributed by atoms with Crippen molar-refractivity contribution < 1.29 is 9.53 Å². The van der Waals surface area contributed by atoms with E-state index < -0.39 is 0 Å². The molecule has 2 rings (SSSR count). The highest BCUT2D eigenvalue weighted by molar-refractivity contribution is 7.99. The monoisotopic (exact) mass is 281 g/mol. The molecular weight excluding hydrogens is 262 g/mol. The maximum atomic E-state index is 11.8. The summed E-state index contributed by atoms with van der Waals surface area (Å²) in [5.74, 6) is 2.40. The molecular formula is C13H19N3O2S. The number of rotatable bonds is 3. The van der Waals surface area contributed by atoms with E-state index in [4.69, 9.17) is 10.5 Å². The number of anilines is 2. The smallest absolute Gasteiger partial charge is 0.340 e. The number of nitrogens with two attached hydrogens (primary N) is 1. The van der Waals surface area contributed by atoms with Gasteiger partial charge in [0.05, 0.1) is 17.9 Å². The van der Waals surface area contributed by atoms with Gasteiger partial charge in [-0.3, -0.25) is 0 Å². The van der Waals surface area contributed by atoms with Crippen LogP contribution in [0.25, 0.3) is 0 Å². The highest BCUT2D eigenvalue weighted by Crippen LogP contribution is 2.29. The minimum atomic E-state index is -0.386. The highest BCUT2D eigenvalue weighted by atomic mass is 32.2. The number of hydrogen-bond donors (Lipinski definition) is 1. The number of thioether (sulfide) groups is 1. The highest BCUT2D eigenvalue weighted by Gasteiger charge is 2.24. The summed E-state index contributed by atoms with van der Waals surface area (Å²) in [4.78, 5) is 18.3. The zero-order valence-corrected chi connectivity index (χ0v) is 12.1. The Morgan fingerprint density at radius 2 is 2.47 bits per heavy atom. The summed E-state index contributed by atoms with van der Waals surface area (Å²) in [6, 6.07) is 1.98. The topological polar surface area (TPSA) is 68.5 Å². The maximum absolute atomic E-state index is 11.8. The molecule has 2 heterocycles. The van der Waals surface area contributed by atoms with Gasteiger partial charge in [-0.25, -0.2) is 9.78 Å². The predicted molar refractivity (Wildman–Crippen MR) is 78.7 cm³/mol. The molecule has 0 aromatic carbocycles. The quantitative estimate of drug-likeness (QED) is 0.852. The van der Waals surface area contributed by atoms with E-state index >= 15 is 0 Å². The lowest BCUT2D eigenvalue weighted by atomic mass is 10.2. The molecule has 1 aromatic rings. The van der Waals surface area contributed by atoms with Gasteiger partial charge in [0.25, 0.3) is 0 Å². The molecule has 0 saturated carbocycles. The van der Waals surface area contributed by atoms with Crippen molar-refractivity contribution in [2.75, 3.05) is 35.3 Å². The molecule has 19 heavy (non-hydrogen) atoms. The first-order valence-electron chi connectivity index (χ1n) is 6.41. The molecule has 0 amide bonds. The summed E-state index contributed by atoms with van der Waals surface area (Å²) in [6.45, 7) is 5.16. The number of ether oxygens (including phenoxy) is 1. The molecule has 1 saturated heterocycles. The number of nitrogen functional groups attached to an aromatic ring is 1. The van der Waals surface area contributed by atoms with Crippen LogP contribution < -0.4 is 10.6 Å². The molecule has 5 nitrogen and oxygen atoms in total. The molecule has 1 aliphatic heterocycles. The van der Waals surface area contributed by atoms with Crippen molar-refractivity contribution in [3.05, 3.63) is 17.8 Å². The fraction of sp³-hybridized carbons (Fsp3) is 0.538. The first kappa shape index (κ1) is 14.0. The molecule has 1 aliphatic rings. The third-order valence-electron chi connectivity index (χ3n) is 3.10. The van der Waals surface area contributed by atoms with E-state index in [1.807, 2.05) is 11.8 Å². The standard InChI is InChI=1S/C13H19N3O2S/c1-3-18-13(17)10-4-5-15-12(11(10)14)16-6-7-19-8-9(16)2/h4-5,9H,3,6-8,14H2,1-2H3. The van der Waals surface area contributed by atoms with Crippen LogP contribution in [-0.2, 0) is 4.74 Å². The van der Waals surface area contributed by atoms with Crippen molar-refractivity contribution in [2.45, 2.75) is 19.9 Å². The minimum Gasteiger partial charge on any atom is -0.462 e. The Balaban J connectivity index is 2.31. The number of pyridine rings is 1. The molecule has 1 aromatic heterocycles. The van der Waals surface area contributed by atoms with E-state index in [0.29, 0.717) is 29.7 Å². The second kappa shape index (κ2) is 6.14. The third kappa shape index (κ3) is 2.94. The first-order chi connectivity index (χ1) is 9.15. The van der Waals surface area contributed by atoms with E-state index in [1.165, 1.54) is 0 Å². The molecule has 1 atom stereocenters. The summed E-state index contributed by atoms with van der Waals surface area (Å²) in [6.07, 6.45) is 1.62. The Bertz CT molecular complexity index is 467. The Kier molecular flexibility index (Phi) is 4.52. The van der Waals surface area contributed by atoms with Crippen LogP contribution in [-0.4, -0.2) is 41.7 Å². The molecule has 0 bridgehead atoms. The summed E-state index contributed by atoms with van der Waals surface area (Å²) >= 11 is 1.92. The molecule has 0 radical (unpaired) electrons. The summed E-state index contributed by atoms with van der Waals surface area (Å²) in [5, 5.41) is 0. The largest absolute Gasteiger partial charge is 0.462 e. The van der Waals surface area contributed by atoms with Crippen LogP contribution >= 0.6 is 11.8 Å². The van der Waals surface area contributed by atoms with Gasteiger partial charge in [0.1, 0.15) is 0 Å². The molecule has 1 fully saturated rings. The third-order valence-corrected chi connectivity index (χ3v) is 4.29. The van der Waals surface area contributed by atoms with Gasteiger partial charge in [0.2, 0.25) is 0 Å². The molecule has 1 unspecified atom stereocenters. The van der Waals surface area contributed by atoms with Crippen molar-refractivity contribution in [1.82, 2.24) is 4.98 Å². The van der Waals surface area contributed by atoms with Gasteiger partial charge in [-0.05, 0) is 19.9 Å². The molecule has 0 aliphatic carbocycles. The lowest BCUT2D eigenvalue weighted by Gasteiger charge is -2.34. The first-order valence-corrected chi connectivity index (χ1v) is 7.56. The summed E-state index contributed by atoms with van der Waals surface area (Å²) in [7, 11) is 0. The van der Waals surface area contributed by atoms with Gasteiger partial charge >= 0.3 is 5.97 Å². The lowest BCUT2D eigenvalue weighted by molar-refractivity contribution is 0.0527. The summed E-state index contributed by atoms with van der Waals surface area (Å²) in [5.41, 5.74) is 6.91. The van der Waals surface area contributed by atoms with Gasteiger partial charge in [0.15, 0.2) is 5.82 Å². The fourth-order valence-corrected chi connectivity index (χ4v) is 3.13. The van der Waals surface area contributed by atoms with Crippen LogP contribution in [0.2, 0.25) is 0 Å². The maximum Gasteiger partial charge on any atom is 0.340 e. The lowest BCUT2D eigenvalue weighted by Crippen LogP contribution is -2.41. The molecule has 104 valence electrons. The van der Waals surface area contributed by atoms with E-state index in [2.05, 4.69) is 16.8 Å². The Morgan fingerprint density at radius 1 is 1.68 bits per heavy atom. The van der Waals surface area contributed by atoms with Crippen LogP contribution in [0.3, 0.4) is 0 Å². The fourth-order valence-electron chi connectivity index (χ4n) is 2.12. The summed E-state index contributed by atoms with van der Waals surface area (Å²) < 4.78 is 5.01. The molecule has 6 heteroatoms. The molecule has 2 N–H and O–H groups in total. The van der Waals surface area contributed by atoms with E-state index in [9.17, 15) is 4.79 Å². The van der Waals surface area contributed by atoms with Crippen molar-refractivity contribution in [3.8, 4) is 0 Å². The SMILES string of the molecule is CCOC(=O)c1ccnc(N2CCSCC2C)c1N. The average Bonchev–Trinajstić information content (AvgIpc) is 2.40. The number of esters is 1. The normalized spacial score (nSPS) is 19.3. The Labute approximate surface area is 117 Å². The van der Waals surface area contributed by atoms with Gasteiger partial charge in [-0.15, -0.1) is 0 Å². The van der Waals surface area contributed by atoms with Gasteiger partial charge in [0, 0.05) is 30.3 Å². The van der Waals surface area contributed by atoms with Crippen LogP contribution in [0.1, 0.15) is 24.2 Å². The van der Waals surface area contributed by atoms with Crippen molar-refractivity contribution in [1.29, 1.82) is 0 Å². The van der Waals surface area contributed by atoms with Crippen molar-refractivity contribution in [2.24, 2.45) is 0 Å². The number of carbonyl (C=O) groups excluding carboxylic acids is 1. The second-order valence-electron chi connectivity index (χ2n) is 4.43. The van der Waals surface area contributed by atoms with Crippen molar-refractivity contribution in [3.63, 3.8) is 0 Å². The van der Waals surface area contributed by atoms with Gasteiger partial charge in [-0.2, -0.15) is 11.8 Å². The van der Waals surface area contributed by atoms with Crippen molar-refractivity contribution >= 4 is 29.2 Å². The minimum absolute atomic E-state index is 0.340.